The van der Waals surface area contributed by atoms with Crippen LogP contribution in [0.3, 0.4) is 0 Å². The molecule has 0 aliphatic rings. The summed E-state index contributed by atoms with van der Waals surface area (Å²) in [5.74, 6) is 0.668. The number of primary sulfonamides is 1. The fraction of sp³-hybridized carbons (Fsp3) is 0.333. The second-order valence-corrected chi connectivity index (χ2v) is 7.39. The highest BCUT2D eigenvalue weighted by molar-refractivity contribution is 7.89. The summed E-state index contributed by atoms with van der Waals surface area (Å²) in [6.45, 7) is -0.0544. The molecular formula is C18H23NO7S. The van der Waals surface area contributed by atoms with E-state index in [9.17, 15) is 13.5 Å². The number of nitrogens with two attached hydrogens (primary N) is 1. The van der Waals surface area contributed by atoms with Gasteiger partial charge in [0.25, 0.3) is 0 Å². The van der Waals surface area contributed by atoms with Crippen LogP contribution in [0.15, 0.2) is 48.5 Å². The third-order valence-corrected chi connectivity index (χ3v) is 4.94. The molecule has 0 fully saturated rings. The van der Waals surface area contributed by atoms with Crippen molar-refractivity contribution in [1.82, 2.24) is 0 Å². The Hall–Kier alpha value is -2.17. The van der Waals surface area contributed by atoms with Gasteiger partial charge in [0.05, 0.1) is 0 Å². The Bertz CT molecular complexity index is 801. The number of rotatable bonds is 10. The van der Waals surface area contributed by atoms with Gasteiger partial charge >= 0.3 is 0 Å². The van der Waals surface area contributed by atoms with Gasteiger partial charge in [0.1, 0.15) is 22.9 Å². The number of ether oxygens (including phenoxy) is 4. The number of aliphatic hydroxyl groups excluding tert-OH is 1. The summed E-state index contributed by atoms with van der Waals surface area (Å²) in [5.41, 5.74) is 0.632. The highest BCUT2D eigenvalue weighted by Crippen LogP contribution is 2.37. The molecule has 0 aliphatic heterocycles. The number of aliphatic hydroxyl groups is 1. The van der Waals surface area contributed by atoms with Gasteiger partial charge in [0.15, 0.2) is 13.6 Å². The first-order valence-corrected chi connectivity index (χ1v) is 9.61. The third kappa shape index (κ3) is 5.91. The zero-order chi connectivity index (χ0) is 19.9. The zero-order valence-electron chi connectivity index (χ0n) is 15.1. The molecule has 9 heteroatoms. The van der Waals surface area contributed by atoms with Crippen molar-refractivity contribution in [3.05, 3.63) is 59.7 Å². The van der Waals surface area contributed by atoms with Gasteiger partial charge in [-0.3, -0.25) is 0 Å². The fourth-order valence-corrected chi connectivity index (χ4v) is 3.61. The van der Waals surface area contributed by atoms with Crippen molar-refractivity contribution in [2.75, 3.05) is 27.8 Å². The van der Waals surface area contributed by atoms with E-state index in [2.05, 4.69) is 0 Å². The molecule has 0 heterocycles. The van der Waals surface area contributed by atoms with E-state index in [4.69, 9.17) is 24.1 Å². The molecular weight excluding hydrogens is 374 g/mol. The largest absolute Gasteiger partial charge is 0.467 e. The summed E-state index contributed by atoms with van der Waals surface area (Å²) in [4.78, 5) is 0. The first kappa shape index (κ1) is 21.1. The Labute approximate surface area is 158 Å². The Kier molecular flexibility index (Phi) is 7.57. The first-order valence-electron chi connectivity index (χ1n) is 8.00. The Morgan fingerprint density at radius 2 is 1.44 bits per heavy atom. The molecule has 8 nitrogen and oxygen atoms in total. The van der Waals surface area contributed by atoms with Crippen molar-refractivity contribution < 1.29 is 32.5 Å². The van der Waals surface area contributed by atoms with Gasteiger partial charge in [-0.15, -0.1) is 0 Å². The van der Waals surface area contributed by atoms with Crippen molar-refractivity contribution in [2.45, 2.75) is 11.4 Å². The van der Waals surface area contributed by atoms with Crippen molar-refractivity contribution >= 4 is 10.0 Å². The van der Waals surface area contributed by atoms with Gasteiger partial charge < -0.3 is 24.1 Å². The maximum Gasteiger partial charge on any atom is 0.219 e. The number of sulfonamides is 1. The van der Waals surface area contributed by atoms with Crippen molar-refractivity contribution in [1.29, 1.82) is 0 Å². The van der Waals surface area contributed by atoms with Gasteiger partial charge in [-0.2, -0.15) is 0 Å². The molecule has 0 saturated heterocycles. The molecule has 2 atom stereocenters. The minimum atomic E-state index is -4.11. The van der Waals surface area contributed by atoms with E-state index < -0.39 is 21.4 Å². The molecule has 2 aromatic carbocycles. The van der Waals surface area contributed by atoms with E-state index in [0.29, 0.717) is 17.1 Å². The van der Waals surface area contributed by atoms with Gasteiger partial charge in [-0.05, 0) is 23.3 Å². The van der Waals surface area contributed by atoms with Crippen LogP contribution in [-0.2, 0) is 19.5 Å². The molecule has 0 aromatic heterocycles. The van der Waals surface area contributed by atoms with Crippen LogP contribution in [-0.4, -0.2) is 41.3 Å². The molecule has 0 radical (unpaired) electrons. The summed E-state index contributed by atoms with van der Waals surface area (Å²) in [6, 6.07) is 12.8. The summed E-state index contributed by atoms with van der Waals surface area (Å²) >= 11 is 0. The summed E-state index contributed by atoms with van der Waals surface area (Å²) in [7, 11) is -1.17. The molecule has 3 N–H and O–H groups in total. The summed E-state index contributed by atoms with van der Waals surface area (Å²) in [6.07, 6.45) is -1.45. The molecule has 2 rings (SSSR count). The highest BCUT2D eigenvalue weighted by Gasteiger charge is 2.33. The van der Waals surface area contributed by atoms with Crippen LogP contribution in [0.25, 0.3) is 0 Å². The molecule has 27 heavy (non-hydrogen) atoms. The van der Waals surface area contributed by atoms with E-state index in [0.717, 1.165) is 0 Å². The van der Waals surface area contributed by atoms with E-state index in [-0.39, 0.29) is 19.1 Å². The lowest BCUT2D eigenvalue weighted by Gasteiger charge is -2.23. The van der Waals surface area contributed by atoms with E-state index in [1.54, 1.807) is 36.4 Å². The number of methoxy groups -OCH3 is 2. The van der Waals surface area contributed by atoms with Crippen LogP contribution < -0.4 is 14.6 Å². The van der Waals surface area contributed by atoms with Crippen molar-refractivity contribution in [2.24, 2.45) is 5.14 Å². The molecule has 2 aromatic rings. The topological polar surface area (TPSA) is 117 Å². The van der Waals surface area contributed by atoms with Gasteiger partial charge in [-0.25, -0.2) is 13.6 Å². The molecule has 0 spiro atoms. The summed E-state index contributed by atoms with van der Waals surface area (Å²) < 4.78 is 44.9. The molecule has 0 amide bonds. The van der Waals surface area contributed by atoms with E-state index in [1.807, 2.05) is 0 Å². The Balaban J connectivity index is 2.45. The smallest absolute Gasteiger partial charge is 0.219 e. The predicted octanol–water partition coefficient (Wildman–Crippen LogP) is 1.72. The van der Waals surface area contributed by atoms with Crippen LogP contribution in [0.2, 0.25) is 0 Å². The number of benzene rings is 2. The molecule has 0 aliphatic carbocycles. The lowest BCUT2D eigenvalue weighted by molar-refractivity contribution is 0.0455. The van der Waals surface area contributed by atoms with Gasteiger partial charge in [-0.1, -0.05) is 30.3 Å². The van der Waals surface area contributed by atoms with Crippen LogP contribution in [0.1, 0.15) is 22.5 Å². The Morgan fingerprint density at radius 1 is 0.926 bits per heavy atom. The standard InChI is InChI=1S/C18H23NO7S/c1-23-11-25-15-8-14(9-16(10-15)26-12-24-2)17(20)18(27(19,21)22)13-6-4-3-5-7-13/h3-10,17-18,20H,11-12H2,1-2H3,(H2,19,21,22). The number of hydrogen-bond acceptors (Lipinski definition) is 7. The lowest BCUT2D eigenvalue weighted by Crippen LogP contribution is -2.27. The molecule has 2 unspecified atom stereocenters. The average molecular weight is 397 g/mol. The van der Waals surface area contributed by atoms with Crippen molar-refractivity contribution in [3.63, 3.8) is 0 Å². The zero-order valence-corrected chi connectivity index (χ0v) is 15.9. The SMILES string of the molecule is COCOc1cc(OCOC)cc(C(O)C(c2ccccc2)S(N)(=O)=O)c1. The van der Waals surface area contributed by atoms with E-state index >= 15 is 0 Å². The maximum absolute atomic E-state index is 12.2. The lowest BCUT2D eigenvalue weighted by atomic mass is 10.0. The summed E-state index contributed by atoms with van der Waals surface area (Å²) in [5, 5.41) is 14.9. The number of hydrogen-bond donors (Lipinski definition) is 2. The van der Waals surface area contributed by atoms with Crippen molar-refractivity contribution in [3.8, 4) is 11.5 Å². The second kappa shape index (κ2) is 9.67. The average Bonchev–Trinajstić information content (AvgIpc) is 2.64. The highest BCUT2D eigenvalue weighted by atomic mass is 32.2. The second-order valence-electron chi connectivity index (χ2n) is 5.70. The quantitative estimate of drug-likeness (QED) is 0.586. The van der Waals surface area contributed by atoms with E-state index in [1.165, 1.54) is 26.4 Å². The minimum Gasteiger partial charge on any atom is -0.467 e. The predicted molar refractivity (Wildman–Crippen MR) is 98.7 cm³/mol. The normalized spacial score (nSPS) is 13.8. The molecule has 0 bridgehead atoms. The van der Waals surface area contributed by atoms with Crippen LogP contribution in [0, 0.1) is 0 Å². The first-order chi connectivity index (χ1) is 12.9. The maximum atomic E-state index is 12.2. The monoisotopic (exact) mass is 397 g/mol. The van der Waals surface area contributed by atoms with Crippen LogP contribution in [0.5, 0.6) is 11.5 Å². The molecule has 148 valence electrons. The van der Waals surface area contributed by atoms with Crippen LogP contribution >= 0.6 is 0 Å². The van der Waals surface area contributed by atoms with Crippen LogP contribution in [0.4, 0.5) is 0 Å². The third-order valence-electron chi connectivity index (χ3n) is 3.70. The van der Waals surface area contributed by atoms with Gasteiger partial charge in [0, 0.05) is 20.3 Å². The van der Waals surface area contributed by atoms with Gasteiger partial charge in [0.2, 0.25) is 10.0 Å². The Morgan fingerprint density at radius 3 is 1.89 bits per heavy atom. The fourth-order valence-electron chi connectivity index (χ4n) is 2.55. The molecule has 0 saturated carbocycles. The minimum absolute atomic E-state index is 0.0272.